The standard InChI is InChI=1S/C28H31N5O2.ClH/c1-2-29-28(34)31-25-5-3-4-24(18-25)26-20-30-27-19-23(11-13-33(26)27)22-8-6-21(7-9-22)10-12-32-14-16-35-17-15-32;/h3-9,11,13,18-20H,2,10,12,14-17H2,1H3,(H2,29,31,34);1H. The number of nitrogens with one attached hydrogen (secondary N) is 2. The number of carbonyl (C=O) groups excluding carboxylic acids is 1. The summed E-state index contributed by atoms with van der Waals surface area (Å²) >= 11 is 0. The third kappa shape index (κ3) is 6.05. The molecule has 7 nitrogen and oxygen atoms in total. The van der Waals surface area contributed by atoms with Crippen LogP contribution < -0.4 is 10.6 Å². The van der Waals surface area contributed by atoms with Crippen molar-refractivity contribution in [3.05, 3.63) is 78.6 Å². The highest BCUT2D eigenvalue weighted by Gasteiger charge is 2.11. The van der Waals surface area contributed by atoms with Gasteiger partial charge < -0.3 is 15.4 Å². The van der Waals surface area contributed by atoms with Crippen LogP contribution in [-0.2, 0) is 11.2 Å². The van der Waals surface area contributed by atoms with Crippen molar-refractivity contribution in [2.45, 2.75) is 13.3 Å². The summed E-state index contributed by atoms with van der Waals surface area (Å²) in [7, 11) is 0. The average molecular weight is 506 g/mol. The minimum absolute atomic E-state index is 0. The van der Waals surface area contributed by atoms with E-state index >= 15 is 0 Å². The van der Waals surface area contributed by atoms with E-state index in [4.69, 9.17) is 4.74 Å². The van der Waals surface area contributed by atoms with Crippen LogP contribution in [0.1, 0.15) is 12.5 Å². The van der Waals surface area contributed by atoms with Crippen molar-refractivity contribution in [1.82, 2.24) is 19.6 Å². The molecule has 2 amide bonds. The van der Waals surface area contributed by atoms with E-state index < -0.39 is 0 Å². The molecule has 188 valence electrons. The number of urea groups is 1. The number of rotatable bonds is 7. The van der Waals surface area contributed by atoms with E-state index in [0.29, 0.717) is 6.54 Å². The number of hydrogen-bond acceptors (Lipinski definition) is 4. The number of carbonyl (C=O) groups is 1. The predicted molar refractivity (Wildman–Crippen MR) is 147 cm³/mol. The van der Waals surface area contributed by atoms with Gasteiger partial charge in [0, 0.05) is 43.6 Å². The van der Waals surface area contributed by atoms with Crippen molar-refractivity contribution in [3.8, 4) is 22.4 Å². The highest BCUT2D eigenvalue weighted by Crippen LogP contribution is 2.27. The number of halogens is 1. The molecule has 5 rings (SSSR count). The fourth-order valence-corrected chi connectivity index (χ4v) is 4.44. The number of hydrogen-bond donors (Lipinski definition) is 2. The van der Waals surface area contributed by atoms with Crippen molar-refractivity contribution < 1.29 is 9.53 Å². The molecule has 0 unspecified atom stereocenters. The van der Waals surface area contributed by atoms with E-state index in [1.54, 1.807) is 0 Å². The monoisotopic (exact) mass is 505 g/mol. The molecular weight excluding hydrogens is 474 g/mol. The lowest BCUT2D eigenvalue weighted by atomic mass is 10.0. The van der Waals surface area contributed by atoms with Crippen molar-refractivity contribution in [3.63, 3.8) is 0 Å². The van der Waals surface area contributed by atoms with Crippen LogP contribution in [0, 0.1) is 0 Å². The Bertz CT molecular complexity index is 1300. The highest BCUT2D eigenvalue weighted by molar-refractivity contribution is 5.90. The second-order valence-electron chi connectivity index (χ2n) is 8.75. The normalized spacial score (nSPS) is 13.8. The molecule has 0 radical (unpaired) electrons. The maximum absolute atomic E-state index is 11.9. The minimum atomic E-state index is -0.209. The molecule has 1 saturated heterocycles. The zero-order valence-electron chi connectivity index (χ0n) is 20.4. The third-order valence-corrected chi connectivity index (χ3v) is 6.37. The third-order valence-electron chi connectivity index (χ3n) is 6.37. The van der Waals surface area contributed by atoms with Gasteiger partial charge in [-0.3, -0.25) is 9.30 Å². The Morgan fingerprint density at radius 1 is 1.00 bits per heavy atom. The first-order chi connectivity index (χ1) is 17.2. The number of anilines is 1. The van der Waals surface area contributed by atoms with E-state index in [-0.39, 0.29) is 18.4 Å². The quantitative estimate of drug-likeness (QED) is 0.366. The molecule has 4 aromatic rings. The number of morpholine rings is 1. The lowest BCUT2D eigenvalue weighted by molar-refractivity contribution is 0.0384. The molecule has 3 heterocycles. The Kier molecular flexibility index (Phi) is 8.59. The first-order valence-corrected chi connectivity index (χ1v) is 12.2. The molecule has 8 heteroatoms. The summed E-state index contributed by atoms with van der Waals surface area (Å²) in [6, 6.07) is 20.7. The molecule has 1 aliphatic rings. The second-order valence-corrected chi connectivity index (χ2v) is 8.75. The lowest BCUT2D eigenvalue weighted by Gasteiger charge is -2.26. The molecule has 0 bridgehead atoms. The summed E-state index contributed by atoms with van der Waals surface area (Å²) in [4.78, 5) is 19.0. The number of amides is 2. The van der Waals surface area contributed by atoms with Gasteiger partial charge in [0.15, 0.2) is 0 Å². The molecule has 1 fully saturated rings. The highest BCUT2D eigenvalue weighted by atomic mass is 35.5. The topological polar surface area (TPSA) is 70.9 Å². The van der Waals surface area contributed by atoms with Gasteiger partial charge in [0.1, 0.15) is 5.65 Å². The summed E-state index contributed by atoms with van der Waals surface area (Å²) in [5, 5.41) is 5.62. The van der Waals surface area contributed by atoms with E-state index in [0.717, 1.165) is 67.4 Å². The lowest BCUT2D eigenvalue weighted by Crippen LogP contribution is -2.37. The van der Waals surface area contributed by atoms with Gasteiger partial charge in [-0.25, -0.2) is 9.78 Å². The summed E-state index contributed by atoms with van der Waals surface area (Å²) in [6.07, 6.45) is 4.99. The first kappa shape index (κ1) is 25.7. The van der Waals surface area contributed by atoms with E-state index in [9.17, 15) is 4.79 Å². The van der Waals surface area contributed by atoms with Gasteiger partial charge >= 0.3 is 6.03 Å². The van der Waals surface area contributed by atoms with Gasteiger partial charge in [-0.15, -0.1) is 12.4 Å². The first-order valence-electron chi connectivity index (χ1n) is 12.2. The average Bonchev–Trinajstić information content (AvgIpc) is 3.32. The van der Waals surface area contributed by atoms with Crippen molar-refractivity contribution >= 4 is 29.8 Å². The Labute approximate surface area is 217 Å². The maximum Gasteiger partial charge on any atom is 0.319 e. The fourth-order valence-electron chi connectivity index (χ4n) is 4.44. The SMILES string of the molecule is CCNC(=O)Nc1cccc(-c2cnc3cc(-c4ccc(CCN5CCOCC5)cc4)ccn23)c1.Cl. The van der Waals surface area contributed by atoms with Crippen LogP contribution in [0.2, 0.25) is 0 Å². The molecular formula is C28H32ClN5O2. The Morgan fingerprint density at radius 3 is 2.58 bits per heavy atom. The van der Waals surface area contributed by atoms with Crippen LogP contribution in [0.3, 0.4) is 0 Å². The smallest absolute Gasteiger partial charge is 0.319 e. The molecule has 36 heavy (non-hydrogen) atoms. The number of ether oxygens (including phenoxy) is 1. The van der Waals surface area contributed by atoms with Gasteiger partial charge in [-0.1, -0.05) is 36.4 Å². The summed E-state index contributed by atoms with van der Waals surface area (Å²) in [5.74, 6) is 0. The van der Waals surface area contributed by atoms with Gasteiger partial charge in [-0.05, 0) is 54.3 Å². The number of benzene rings is 2. The zero-order valence-corrected chi connectivity index (χ0v) is 21.3. The van der Waals surface area contributed by atoms with Crippen molar-refractivity contribution in [2.75, 3.05) is 44.7 Å². The Morgan fingerprint density at radius 2 is 1.81 bits per heavy atom. The summed E-state index contributed by atoms with van der Waals surface area (Å²) in [5.41, 5.74) is 7.27. The van der Waals surface area contributed by atoms with Crippen molar-refractivity contribution in [1.29, 1.82) is 0 Å². The molecule has 2 aromatic heterocycles. The number of pyridine rings is 1. The Balaban J connectivity index is 0.00000304. The molecule has 2 aromatic carbocycles. The molecule has 0 atom stereocenters. The number of imidazole rings is 1. The molecule has 0 aliphatic carbocycles. The number of aromatic nitrogens is 2. The molecule has 1 aliphatic heterocycles. The predicted octanol–water partition coefficient (Wildman–Crippen LogP) is 5.11. The van der Waals surface area contributed by atoms with Crippen LogP contribution in [-0.4, -0.2) is 59.7 Å². The van der Waals surface area contributed by atoms with Gasteiger partial charge in [-0.2, -0.15) is 0 Å². The van der Waals surface area contributed by atoms with E-state index in [2.05, 4.69) is 67.5 Å². The molecule has 0 spiro atoms. The van der Waals surface area contributed by atoms with Crippen LogP contribution >= 0.6 is 12.4 Å². The summed E-state index contributed by atoms with van der Waals surface area (Å²) < 4.78 is 7.51. The van der Waals surface area contributed by atoms with Crippen LogP contribution in [0.5, 0.6) is 0 Å². The Hall–Kier alpha value is -3.39. The summed E-state index contributed by atoms with van der Waals surface area (Å²) in [6.45, 7) is 7.29. The second kappa shape index (κ2) is 12.0. The van der Waals surface area contributed by atoms with Crippen molar-refractivity contribution in [2.24, 2.45) is 0 Å². The van der Waals surface area contributed by atoms with Crippen LogP contribution in [0.4, 0.5) is 10.5 Å². The van der Waals surface area contributed by atoms with Crippen LogP contribution in [0.15, 0.2) is 73.1 Å². The van der Waals surface area contributed by atoms with Gasteiger partial charge in [0.25, 0.3) is 0 Å². The van der Waals surface area contributed by atoms with E-state index in [1.165, 1.54) is 11.1 Å². The maximum atomic E-state index is 11.9. The number of nitrogens with zero attached hydrogens (tertiary/aromatic N) is 3. The van der Waals surface area contributed by atoms with Crippen LogP contribution in [0.25, 0.3) is 28.0 Å². The minimum Gasteiger partial charge on any atom is -0.379 e. The van der Waals surface area contributed by atoms with Gasteiger partial charge in [0.2, 0.25) is 0 Å². The largest absolute Gasteiger partial charge is 0.379 e. The van der Waals surface area contributed by atoms with Gasteiger partial charge in [0.05, 0.1) is 25.1 Å². The molecule has 0 saturated carbocycles. The van der Waals surface area contributed by atoms with E-state index in [1.807, 2.05) is 37.4 Å². The number of fused-ring (bicyclic) bond motifs is 1. The fraction of sp³-hybridized carbons (Fsp3) is 0.286. The zero-order chi connectivity index (χ0) is 24.0. The molecule has 2 N–H and O–H groups in total.